The van der Waals surface area contributed by atoms with Gasteiger partial charge in [-0.3, -0.25) is 4.90 Å². The second-order valence-corrected chi connectivity index (χ2v) is 10.5. The fraction of sp³-hybridized carbons (Fsp3) is 0.250. The van der Waals surface area contributed by atoms with E-state index in [0.29, 0.717) is 5.56 Å². The molecule has 0 N–H and O–H groups in total. The van der Waals surface area contributed by atoms with Crippen molar-refractivity contribution in [3.05, 3.63) is 141 Å². The Balaban J connectivity index is 1.42. The number of aryl methyl sites for hydroxylation is 1. The van der Waals surface area contributed by atoms with Crippen molar-refractivity contribution >= 4 is 17.6 Å². The van der Waals surface area contributed by atoms with Gasteiger partial charge < -0.3 is 4.74 Å². The summed E-state index contributed by atoms with van der Waals surface area (Å²) in [6.07, 6.45) is 4.47. The summed E-state index contributed by atoms with van der Waals surface area (Å²) in [6.45, 7) is 4.68. The molecule has 0 fully saturated rings. The minimum absolute atomic E-state index is 0.321. The van der Waals surface area contributed by atoms with Gasteiger partial charge in [0.25, 0.3) is 0 Å². The summed E-state index contributed by atoms with van der Waals surface area (Å²) in [4.78, 5) is 14.2. The van der Waals surface area contributed by atoms with Crippen LogP contribution in [-0.4, -0.2) is 24.5 Å². The van der Waals surface area contributed by atoms with Gasteiger partial charge in [0, 0.05) is 35.8 Å². The molecular formula is C36H36ClNO2. The molecule has 0 bridgehead atoms. The third-order valence-corrected chi connectivity index (χ3v) is 7.15. The quantitative estimate of drug-likeness (QED) is 0.140. The van der Waals surface area contributed by atoms with Gasteiger partial charge in [0.1, 0.15) is 0 Å². The molecule has 204 valence electrons. The van der Waals surface area contributed by atoms with Gasteiger partial charge in [-0.2, -0.15) is 0 Å². The zero-order valence-electron chi connectivity index (χ0n) is 23.3. The Morgan fingerprint density at radius 2 is 1.18 bits per heavy atom. The second-order valence-electron chi connectivity index (χ2n) is 10.0. The van der Waals surface area contributed by atoms with Crippen molar-refractivity contribution in [2.75, 3.05) is 13.7 Å². The van der Waals surface area contributed by atoms with Crippen molar-refractivity contribution in [2.45, 2.75) is 45.7 Å². The smallest absolute Gasteiger partial charge is 0.337 e. The van der Waals surface area contributed by atoms with Gasteiger partial charge in [-0.1, -0.05) is 85.3 Å². The molecule has 0 spiro atoms. The van der Waals surface area contributed by atoms with Crippen LogP contribution in [0.3, 0.4) is 0 Å². The van der Waals surface area contributed by atoms with Crippen molar-refractivity contribution < 1.29 is 9.53 Å². The molecule has 4 aromatic rings. The van der Waals surface area contributed by atoms with Gasteiger partial charge in [0.15, 0.2) is 0 Å². The molecule has 0 aliphatic carbocycles. The summed E-state index contributed by atoms with van der Waals surface area (Å²) in [5.74, 6) is 6.27. The lowest BCUT2D eigenvalue weighted by atomic mass is 10.1. The average Bonchev–Trinajstić information content (AvgIpc) is 2.99. The Hall–Kier alpha value is -3.84. The molecule has 0 heterocycles. The molecule has 0 atom stereocenters. The number of methoxy groups -OCH3 is 1. The van der Waals surface area contributed by atoms with E-state index in [1.165, 1.54) is 36.6 Å². The lowest BCUT2D eigenvalue weighted by Gasteiger charge is -2.23. The van der Waals surface area contributed by atoms with E-state index in [1.54, 1.807) is 0 Å². The van der Waals surface area contributed by atoms with Gasteiger partial charge in [-0.05, 0) is 90.0 Å². The Morgan fingerprint density at radius 1 is 0.700 bits per heavy atom. The van der Waals surface area contributed by atoms with Crippen molar-refractivity contribution in [3.63, 3.8) is 0 Å². The number of ether oxygens (including phenoxy) is 1. The molecule has 3 nitrogen and oxygen atoms in total. The number of carbonyl (C=O) groups is 1. The van der Waals surface area contributed by atoms with Crippen molar-refractivity contribution in [2.24, 2.45) is 0 Å². The zero-order valence-corrected chi connectivity index (χ0v) is 24.1. The summed E-state index contributed by atoms with van der Waals surface area (Å²) >= 11 is 6.07. The molecular weight excluding hydrogens is 514 g/mol. The molecule has 0 radical (unpaired) electrons. The van der Waals surface area contributed by atoms with E-state index >= 15 is 0 Å². The molecule has 0 amide bonds. The predicted molar refractivity (Wildman–Crippen MR) is 165 cm³/mol. The van der Waals surface area contributed by atoms with E-state index in [0.717, 1.165) is 54.2 Å². The Labute approximate surface area is 243 Å². The first kappa shape index (κ1) is 29.2. The first-order valence-electron chi connectivity index (χ1n) is 13.9. The summed E-state index contributed by atoms with van der Waals surface area (Å²) < 4.78 is 4.83. The molecule has 40 heavy (non-hydrogen) atoms. The highest BCUT2D eigenvalue weighted by atomic mass is 35.5. The third kappa shape index (κ3) is 9.12. The van der Waals surface area contributed by atoms with E-state index in [9.17, 15) is 4.79 Å². The fourth-order valence-corrected chi connectivity index (χ4v) is 4.63. The highest BCUT2D eigenvalue weighted by Gasteiger charge is 2.10. The van der Waals surface area contributed by atoms with Crippen LogP contribution in [0.2, 0.25) is 5.02 Å². The van der Waals surface area contributed by atoms with E-state index in [-0.39, 0.29) is 5.97 Å². The summed E-state index contributed by atoms with van der Waals surface area (Å²) in [6, 6.07) is 32.8. The Morgan fingerprint density at radius 3 is 1.70 bits per heavy atom. The van der Waals surface area contributed by atoms with Crippen LogP contribution in [-0.2, 0) is 30.7 Å². The van der Waals surface area contributed by atoms with Gasteiger partial charge in [-0.25, -0.2) is 4.79 Å². The van der Waals surface area contributed by atoms with E-state index in [4.69, 9.17) is 16.3 Å². The number of halogens is 1. The highest BCUT2D eigenvalue weighted by Crippen LogP contribution is 2.16. The second kappa shape index (κ2) is 15.1. The van der Waals surface area contributed by atoms with Crippen LogP contribution in [0, 0.1) is 11.8 Å². The van der Waals surface area contributed by atoms with Gasteiger partial charge in [-0.15, -0.1) is 0 Å². The SMILES string of the molecule is CCCCc1ccc(C#Cc2ccc(CN(CCc3ccc(Cl)cc3)Cc3ccc(C(=O)OC)cc3)cc2)cc1. The number of esters is 1. The number of nitrogens with zero attached hydrogens (tertiary/aromatic N) is 1. The van der Waals surface area contributed by atoms with E-state index in [2.05, 4.69) is 84.3 Å². The maximum absolute atomic E-state index is 11.8. The summed E-state index contributed by atoms with van der Waals surface area (Å²) in [7, 11) is 1.40. The number of rotatable bonds is 11. The summed E-state index contributed by atoms with van der Waals surface area (Å²) in [5, 5.41) is 0.749. The first-order chi connectivity index (χ1) is 19.5. The Kier molecular flexibility index (Phi) is 11.0. The van der Waals surface area contributed by atoms with Crippen molar-refractivity contribution in [1.82, 2.24) is 4.90 Å². The lowest BCUT2D eigenvalue weighted by molar-refractivity contribution is 0.0600. The third-order valence-electron chi connectivity index (χ3n) is 6.90. The molecule has 4 heteroatoms. The molecule has 4 rings (SSSR count). The van der Waals surface area contributed by atoms with Crippen LogP contribution >= 0.6 is 11.6 Å². The topological polar surface area (TPSA) is 29.5 Å². The van der Waals surface area contributed by atoms with Crippen LogP contribution in [0.15, 0.2) is 97.1 Å². The fourth-order valence-electron chi connectivity index (χ4n) is 4.51. The van der Waals surface area contributed by atoms with Crippen LogP contribution < -0.4 is 0 Å². The Bertz CT molecular complexity index is 1410. The van der Waals surface area contributed by atoms with Crippen molar-refractivity contribution in [1.29, 1.82) is 0 Å². The van der Waals surface area contributed by atoms with Gasteiger partial charge in [0.05, 0.1) is 12.7 Å². The first-order valence-corrected chi connectivity index (χ1v) is 14.2. The standard InChI is InChI=1S/C36H36ClNO2/c1-3-4-5-28-6-8-29(9-7-28)10-11-30-12-14-32(15-13-30)26-38(25-24-31-18-22-35(37)23-19-31)27-33-16-20-34(21-17-33)36(39)40-2/h6-9,12-23H,3-5,24-27H2,1-2H3. The minimum Gasteiger partial charge on any atom is -0.465 e. The highest BCUT2D eigenvalue weighted by molar-refractivity contribution is 6.30. The largest absolute Gasteiger partial charge is 0.465 e. The molecule has 0 saturated carbocycles. The minimum atomic E-state index is -0.321. The molecule has 0 saturated heterocycles. The van der Waals surface area contributed by atoms with Gasteiger partial charge in [0.2, 0.25) is 0 Å². The molecule has 0 unspecified atom stereocenters. The molecule has 4 aromatic carbocycles. The average molecular weight is 550 g/mol. The number of unbranched alkanes of at least 4 members (excludes halogenated alkanes) is 1. The van der Waals surface area contributed by atoms with Crippen molar-refractivity contribution in [3.8, 4) is 11.8 Å². The predicted octanol–water partition coefficient (Wildman–Crippen LogP) is 8.11. The number of carbonyl (C=O) groups excluding carboxylic acids is 1. The molecule has 0 aliphatic heterocycles. The monoisotopic (exact) mass is 549 g/mol. The molecule has 0 aliphatic rings. The number of hydrogen-bond donors (Lipinski definition) is 0. The molecule has 0 aromatic heterocycles. The normalized spacial score (nSPS) is 10.7. The van der Waals surface area contributed by atoms with Gasteiger partial charge >= 0.3 is 5.97 Å². The zero-order chi connectivity index (χ0) is 28.2. The maximum Gasteiger partial charge on any atom is 0.337 e. The van der Waals surface area contributed by atoms with Crippen LogP contribution in [0.25, 0.3) is 0 Å². The number of benzene rings is 4. The van der Waals surface area contributed by atoms with Crippen LogP contribution in [0.5, 0.6) is 0 Å². The summed E-state index contributed by atoms with van der Waals surface area (Å²) in [5.41, 5.74) is 7.60. The van der Waals surface area contributed by atoms with E-state index in [1.807, 2.05) is 36.4 Å². The van der Waals surface area contributed by atoms with E-state index < -0.39 is 0 Å². The lowest BCUT2D eigenvalue weighted by Crippen LogP contribution is -2.25. The number of hydrogen-bond acceptors (Lipinski definition) is 3. The van der Waals surface area contributed by atoms with Crippen LogP contribution in [0.1, 0.15) is 63.5 Å². The van der Waals surface area contributed by atoms with Crippen LogP contribution in [0.4, 0.5) is 0 Å². The maximum atomic E-state index is 11.8.